The summed E-state index contributed by atoms with van der Waals surface area (Å²) in [6.07, 6.45) is 0.746. The fourth-order valence-corrected chi connectivity index (χ4v) is 2.57. The van der Waals surface area contributed by atoms with Crippen LogP contribution in [0.15, 0.2) is 18.2 Å². The van der Waals surface area contributed by atoms with E-state index < -0.39 is 5.92 Å². The van der Waals surface area contributed by atoms with Crippen molar-refractivity contribution in [3.63, 3.8) is 0 Å². The summed E-state index contributed by atoms with van der Waals surface area (Å²) in [7, 11) is 0. The highest BCUT2D eigenvalue weighted by atomic mass is 16.5. The Morgan fingerprint density at radius 3 is 2.69 bits per heavy atom. The van der Waals surface area contributed by atoms with Crippen LogP contribution in [-0.4, -0.2) is 44.3 Å². The molecule has 0 aliphatic heterocycles. The number of carbonyl (C=O) groups is 2. The summed E-state index contributed by atoms with van der Waals surface area (Å²) in [4.78, 5) is 27.4. The molecule has 0 bridgehead atoms. The van der Waals surface area contributed by atoms with Crippen molar-refractivity contribution in [3.05, 3.63) is 23.8 Å². The van der Waals surface area contributed by atoms with E-state index in [1.54, 1.807) is 0 Å². The maximum atomic E-state index is 12.5. The number of nitrogens with one attached hydrogen (secondary N) is 2. The molecule has 9 nitrogen and oxygen atoms in total. The number of hydrogen-bond donors (Lipinski definition) is 3. The van der Waals surface area contributed by atoms with Crippen molar-refractivity contribution in [2.75, 3.05) is 12.0 Å². The van der Waals surface area contributed by atoms with Gasteiger partial charge in [-0.15, -0.1) is 10.2 Å². The number of hydroxylamine groups is 2. The lowest BCUT2D eigenvalue weighted by atomic mass is 9.84. The van der Waals surface area contributed by atoms with E-state index in [-0.39, 0.29) is 30.2 Å². The highest BCUT2D eigenvalue weighted by Crippen LogP contribution is 2.25. The molecule has 2 rings (SSSR count). The first-order valence-corrected chi connectivity index (χ1v) is 8.26. The fraction of sp³-hybridized carbons (Fsp3) is 0.471. The lowest BCUT2D eigenvalue weighted by Crippen LogP contribution is -2.42. The average molecular weight is 360 g/mol. The second-order valence-corrected chi connectivity index (χ2v) is 7.43. The summed E-state index contributed by atoms with van der Waals surface area (Å²) in [5.41, 5.74) is 7.36. The summed E-state index contributed by atoms with van der Waals surface area (Å²) < 4.78 is 0. The Morgan fingerprint density at radius 1 is 1.31 bits per heavy atom. The van der Waals surface area contributed by atoms with Crippen molar-refractivity contribution in [3.8, 4) is 0 Å². The number of nitrogens with zero attached hydrogens (tertiary/aromatic N) is 4. The van der Waals surface area contributed by atoms with Crippen molar-refractivity contribution in [2.45, 2.75) is 34.1 Å². The molecule has 0 spiro atoms. The molecule has 0 radical (unpaired) electrons. The van der Waals surface area contributed by atoms with Gasteiger partial charge < -0.3 is 0 Å². The second kappa shape index (κ2) is 8.05. The molecule has 0 saturated heterocycles. The lowest BCUT2D eigenvalue weighted by Gasteiger charge is -2.26. The van der Waals surface area contributed by atoms with Crippen LogP contribution < -0.4 is 10.9 Å². The highest BCUT2D eigenvalue weighted by Gasteiger charge is 2.26. The number of anilines is 1. The predicted molar refractivity (Wildman–Crippen MR) is 96.0 cm³/mol. The molecule has 0 aliphatic rings. The Morgan fingerprint density at radius 2 is 2.04 bits per heavy atom. The van der Waals surface area contributed by atoms with E-state index in [9.17, 15) is 14.8 Å². The minimum absolute atomic E-state index is 0.107. The number of fused-ring (bicyclic) bond motifs is 1. The molecule has 0 aliphatic carbocycles. The van der Waals surface area contributed by atoms with Crippen LogP contribution in [0.5, 0.6) is 0 Å². The van der Waals surface area contributed by atoms with Crippen molar-refractivity contribution < 1.29 is 14.8 Å². The van der Waals surface area contributed by atoms with Gasteiger partial charge in [-0.2, -0.15) is 0 Å². The van der Waals surface area contributed by atoms with E-state index in [1.165, 1.54) is 0 Å². The van der Waals surface area contributed by atoms with Gasteiger partial charge in [0.15, 0.2) is 0 Å². The van der Waals surface area contributed by atoms with Crippen molar-refractivity contribution in [2.24, 2.45) is 11.3 Å². The molecule has 2 aromatic rings. The fourth-order valence-electron chi connectivity index (χ4n) is 2.57. The van der Waals surface area contributed by atoms with Crippen LogP contribution >= 0.6 is 0 Å². The van der Waals surface area contributed by atoms with Gasteiger partial charge in [-0.25, -0.2) is 10.0 Å². The maximum Gasteiger partial charge on any atom is 0.262 e. The van der Waals surface area contributed by atoms with E-state index in [0.29, 0.717) is 22.5 Å². The molecule has 0 saturated carbocycles. The Labute approximate surface area is 151 Å². The van der Waals surface area contributed by atoms with Crippen LogP contribution in [0.25, 0.3) is 11.0 Å². The van der Waals surface area contributed by atoms with Crippen LogP contribution in [0.1, 0.15) is 32.8 Å². The maximum absolute atomic E-state index is 12.5. The monoisotopic (exact) mass is 360 g/mol. The van der Waals surface area contributed by atoms with Crippen LogP contribution in [-0.2, 0) is 9.59 Å². The van der Waals surface area contributed by atoms with E-state index in [4.69, 9.17) is 0 Å². The standard InChI is InChI=1S/C17H24N6O3/c1-11-5-6-13-14(7-11)19-21-16(18-13)22-20-15(25)12(8-17(2,3)4)9-23(26)10-24/h5-7,10,12,26H,8-9H2,1-4H3,(H,20,25)(H,18,21,22)/t12-/m1/s1. The number of rotatable bonds is 7. The predicted octanol–water partition coefficient (Wildman–Crippen LogP) is 1.68. The lowest BCUT2D eigenvalue weighted by molar-refractivity contribution is -0.155. The molecule has 1 atom stereocenters. The first-order chi connectivity index (χ1) is 12.2. The van der Waals surface area contributed by atoms with Crippen molar-refractivity contribution >= 4 is 29.3 Å². The van der Waals surface area contributed by atoms with Gasteiger partial charge >= 0.3 is 0 Å². The minimum Gasteiger partial charge on any atom is -0.286 e. The van der Waals surface area contributed by atoms with Crippen LogP contribution in [0, 0.1) is 18.3 Å². The van der Waals surface area contributed by atoms with Gasteiger partial charge in [0.2, 0.25) is 12.3 Å². The molecule has 0 fully saturated rings. The van der Waals surface area contributed by atoms with Crippen molar-refractivity contribution in [1.29, 1.82) is 0 Å². The number of aryl methyl sites for hydroxylation is 1. The zero-order valence-corrected chi connectivity index (χ0v) is 15.4. The number of benzene rings is 1. The molecule has 9 heteroatoms. The Bertz CT molecular complexity index is 790. The van der Waals surface area contributed by atoms with E-state index in [2.05, 4.69) is 26.0 Å². The van der Waals surface area contributed by atoms with Gasteiger partial charge in [0.25, 0.3) is 5.95 Å². The third kappa shape index (κ3) is 5.62. The smallest absolute Gasteiger partial charge is 0.262 e. The summed E-state index contributed by atoms with van der Waals surface area (Å²) in [5, 5.41) is 17.9. The summed E-state index contributed by atoms with van der Waals surface area (Å²) >= 11 is 0. The average Bonchev–Trinajstić information content (AvgIpc) is 2.57. The van der Waals surface area contributed by atoms with Crippen LogP contribution in [0.4, 0.5) is 5.95 Å². The summed E-state index contributed by atoms with van der Waals surface area (Å²) in [5.74, 6) is -0.831. The zero-order chi connectivity index (χ0) is 19.3. The van der Waals surface area contributed by atoms with Gasteiger partial charge in [0.05, 0.1) is 18.0 Å². The highest BCUT2D eigenvalue weighted by molar-refractivity contribution is 5.80. The number of hydrazine groups is 1. The molecule has 26 heavy (non-hydrogen) atoms. The van der Waals surface area contributed by atoms with E-state index >= 15 is 0 Å². The third-order valence-corrected chi connectivity index (χ3v) is 3.67. The molecule has 3 N–H and O–H groups in total. The molecule has 2 amide bonds. The first-order valence-electron chi connectivity index (χ1n) is 8.26. The van der Waals surface area contributed by atoms with Crippen LogP contribution in [0.2, 0.25) is 0 Å². The Hall–Kier alpha value is -2.81. The van der Waals surface area contributed by atoms with Gasteiger partial charge in [-0.05, 0) is 36.5 Å². The number of hydrogen-bond acceptors (Lipinski definition) is 7. The zero-order valence-electron chi connectivity index (χ0n) is 15.4. The molecule has 140 valence electrons. The third-order valence-electron chi connectivity index (χ3n) is 3.67. The molecule has 0 unspecified atom stereocenters. The Kier molecular flexibility index (Phi) is 6.04. The number of carbonyl (C=O) groups excluding carboxylic acids is 2. The van der Waals surface area contributed by atoms with Gasteiger partial charge in [-0.1, -0.05) is 26.8 Å². The van der Waals surface area contributed by atoms with Gasteiger partial charge in [0, 0.05) is 0 Å². The SMILES string of the molecule is Cc1ccc2nc(NNC(=O)[C@@H](CN(O)C=O)CC(C)(C)C)nnc2c1. The quantitative estimate of drug-likeness (QED) is 0.390. The molecule has 1 aromatic carbocycles. The van der Waals surface area contributed by atoms with E-state index in [1.807, 2.05) is 45.9 Å². The molecular weight excluding hydrogens is 336 g/mol. The number of aromatic nitrogens is 3. The molecular formula is C17H24N6O3. The van der Waals surface area contributed by atoms with Crippen LogP contribution in [0.3, 0.4) is 0 Å². The molecule has 1 aromatic heterocycles. The minimum atomic E-state index is -0.603. The molecule has 1 heterocycles. The number of amides is 2. The summed E-state index contributed by atoms with van der Waals surface area (Å²) in [6, 6.07) is 5.60. The Balaban J connectivity index is 2.06. The second-order valence-electron chi connectivity index (χ2n) is 7.43. The summed E-state index contributed by atoms with van der Waals surface area (Å²) in [6.45, 7) is 7.77. The normalized spacial score (nSPS) is 12.5. The first kappa shape index (κ1) is 19.5. The topological polar surface area (TPSA) is 120 Å². The largest absolute Gasteiger partial charge is 0.286 e. The van der Waals surface area contributed by atoms with Crippen molar-refractivity contribution in [1.82, 2.24) is 25.7 Å². The van der Waals surface area contributed by atoms with E-state index in [0.717, 1.165) is 5.56 Å². The van der Waals surface area contributed by atoms with Gasteiger partial charge in [-0.3, -0.25) is 25.6 Å². The van der Waals surface area contributed by atoms with Gasteiger partial charge in [0.1, 0.15) is 5.52 Å².